The molecule has 0 fully saturated rings. The topological polar surface area (TPSA) is 68.6 Å². The Bertz CT molecular complexity index is 1200. The molecule has 0 saturated heterocycles. The molecule has 1 N–H and O–H groups in total. The second kappa shape index (κ2) is 9.91. The van der Waals surface area contributed by atoms with E-state index in [-0.39, 0.29) is 6.03 Å². The van der Waals surface area contributed by atoms with Crippen LogP contribution in [0.4, 0.5) is 10.6 Å². The summed E-state index contributed by atoms with van der Waals surface area (Å²) < 4.78 is 13.0. The number of carbonyl (C=O) groups is 1. The number of urea groups is 1. The first-order chi connectivity index (χ1) is 16.0. The molecule has 0 aliphatic carbocycles. The molecule has 1 heterocycles. The largest absolute Gasteiger partial charge is 0.497 e. The third-order valence-corrected chi connectivity index (χ3v) is 5.07. The summed E-state index contributed by atoms with van der Waals surface area (Å²) in [6.07, 6.45) is 0. The summed E-state index contributed by atoms with van der Waals surface area (Å²) >= 11 is 0. The quantitative estimate of drug-likeness (QED) is 0.426. The average molecular weight is 443 g/mol. The summed E-state index contributed by atoms with van der Waals surface area (Å²) in [5.74, 6) is 2.00. The SMILES string of the molecule is COc1ccc(-n2nc(NC(=O)N(C)C)cc2-c2ccc(OCc3ccccc3)cc2)cc1. The minimum absolute atomic E-state index is 0.245. The van der Waals surface area contributed by atoms with Gasteiger partial charge in [-0.25, -0.2) is 9.48 Å². The summed E-state index contributed by atoms with van der Waals surface area (Å²) in [6, 6.07) is 27.1. The summed E-state index contributed by atoms with van der Waals surface area (Å²) in [6.45, 7) is 0.505. The molecule has 7 heteroatoms. The number of ether oxygens (including phenoxy) is 2. The number of hydrogen-bond donors (Lipinski definition) is 1. The fraction of sp³-hybridized carbons (Fsp3) is 0.154. The minimum atomic E-state index is -0.245. The summed E-state index contributed by atoms with van der Waals surface area (Å²) in [4.78, 5) is 13.6. The first-order valence-corrected chi connectivity index (χ1v) is 10.5. The van der Waals surface area contributed by atoms with Crippen molar-refractivity contribution in [2.24, 2.45) is 0 Å². The van der Waals surface area contributed by atoms with Crippen molar-refractivity contribution in [2.75, 3.05) is 26.5 Å². The zero-order chi connectivity index (χ0) is 23.2. The van der Waals surface area contributed by atoms with Crippen LogP contribution in [0.5, 0.6) is 11.5 Å². The molecule has 0 saturated carbocycles. The highest BCUT2D eigenvalue weighted by Gasteiger charge is 2.15. The molecule has 2 amide bonds. The Balaban J connectivity index is 1.61. The lowest BCUT2D eigenvalue weighted by Gasteiger charge is -2.10. The molecule has 33 heavy (non-hydrogen) atoms. The van der Waals surface area contributed by atoms with Gasteiger partial charge in [-0.1, -0.05) is 30.3 Å². The van der Waals surface area contributed by atoms with E-state index in [0.717, 1.165) is 34.0 Å². The molecular weight excluding hydrogens is 416 g/mol. The van der Waals surface area contributed by atoms with Gasteiger partial charge in [-0.2, -0.15) is 0 Å². The Morgan fingerprint density at radius 3 is 2.24 bits per heavy atom. The van der Waals surface area contributed by atoms with Gasteiger partial charge in [-0.05, 0) is 54.1 Å². The molecule has 0 aliphatic rings. The van der Waals surface area contributed by atoms with Gasteiger partial charge in [-0.3, -0.25) is 5.32 Å². The molecule has 7 nitrogen and oxygen atoms in total. The highest BCUT2D eigenvalue weighted by Crippen LogP contribution is 2.29. The van der Waals surface area contributed by atoms with Gasteiger partial charge in [0.25, 0.3) is 0 Å². The van der Waals surface area contributed by atoms with Gasteiger partial charge in [0.1, 0.15) is 18.1 Å². The van der Waals surface area contributed by atoms with Gasteiger partial charge in [0, 0.05) is 25.7 Å². The Labute approximate surface area is 193 Å². The van der Waals surface area contributed by atoms with E-state index >= 15 is 0 Å². The number of carbonyl (C=O) groups excluding carboxylic acids is 1. The van der Waals surface area contributed by atoms with Crippen LogP contribution in [0, 0.1) is 0 Å². The van der Waals surface area contributed by atoms with Gasteiger partial charge < -0.3 is 14.4 Å². The highest BCUT2D eigenvalue weighted by atomic mass is 16.5. The van der Waals surface area contributed by atoms with Crippen molar-refractivity contribution in [2.45, 2.75) is 6.61 Å². The number of benzene rings is 3. The molecule has 3 aromatic carbocycles. The number of aromatic nitrogens is 2. The summed E-state index contributed by atoms with van der Waals surface area (Å²) in [5, 5.41) is 7.44. The van der Waals surface area contributed by atoms with Crippen LogP contribution in [0.25, 0.3) is 16.9 Å². The first-order valence-electron chi connectivity index (χ1n) is 10.5. The van der Waals surface area contributed by atoms with E-state index in [9.17, 15) is 4.79 Å². The smallest absolute Gasteiger partial charge is 0.322 e. The van der Waals surface area contributed by atoms with E-state index in [1.165, 1.54) is 4.90 Å². The number of anilines is 1. The van der Waals surface area contributed by atoms with Gasteiger partial charge in [0.2, 0.25) is 0 Å². The molecule has 168 valence electrons. The van der Waals surface area contributed by atoms with Crippen LogP contribution in [0.15, 0.2) is 84.9 Å². The molecule has 0 bridgehead atoms. The van der Waals surface area contributed by atoms with Crippen LogP contribution < -0.4 is 14.8 Å². The van der Waals surface area contributed by atoms with E-state index in [4.69, 9.17) is 9.47 Å². The predicted octanol–water partition coefficient (Wildman–Crippen LogP) is 5.22. The summed E-state index contributed by atoms with van der Waals surface area (Å²) in [5.41, 5.74) is 3.74. The van der Waals surface area contributed by atoms with Crippen molar-refractivity contribution in [3.63, 3.8) is 0 Å². The second-order valence-corrected chi connectivity index (χ2v) is 7.65. The molecule has 0 aliphatic heterocycles. The first kappa shape index (κ1) is 22.0. The Morgan fingerprint density at radius 1 is 0.939 bits per heavy atom. The Kier molecular flexibility index (Phi) is 6.59. The molecule has 4 rings (SSSR count). The second-order valence-electron chi connectivity index (χ2n) is 7.65. The lowest BCUT2D eigenvalue weighted by molar-refractivity contribution is 0.230. The van der Waals surface area contributed by atoms with Crippen LogP contribution in [-0.2, 0) is 6.61 Å². The Morgan fingerprint density at radius 2 is 1.61 bits per heavy atom. The van der Waals surface area contributed by atoms with E-state index in [2.05, 4.69) is 10.4 Å². The highest BCUT2D eigenvalue weighted by molar-refractivity contribution is 5.88. The fourth-order valence-electron chi connectivity index (χ4n) is 3.25. The molecule has 1 aromatic heterocycles. The van der Waals surface area contributed by atoms with Gasteiger partial charge >= 0.3 is 6.03 Å². The number of rotatable bonds is 7. The zero-order valence-corrected chi connectivity index (χ0v) is 18.9. The van der Waals surface area contributed by atoms with Crippen molar-refractivity contribution >= 4 is 11.8 Å². The van der Waals surface area contributed by atoms with E-state index in [0.29, 0.717) is 12.4 Å². The van der Waals surface area contributed by atoms with Gasteiger partial charge in [0.15, 0.2) is 5.82 Å². The average Bonchev–Trinajstić information content (AvgIpc) is 3.27. The van der Waals surface area contributed by atoms with Crippen LogP contribution >= 0.6 is 0 Å². The number of nitrogens with one attached hydrogen (secondary N) is 1. The zero-order valence-electron chi connectivity index (χ0n) is 18.9. The lowest BCUT2D eigenvalue weighted by Crippen LogP contribution is -2.27. The van der Waals surface area contributed by atoms with Crippen molar-refractivity contribution in [3.8, 4) is 28.4 Å². The number of nitrogens with zero attached hydrogens (tertiary/aromatic N) is 3. The number of amides is 2. The molecule has 0 atom stereocenters. The third kappa shape index (κ3) is 5.33. The summed E-state index contributed by atoms with van der Waals surface area (Å²) in [7, 11) is 5.00. The fourth-order valence-corrected chi connectivity index (χ4v) is 3.25. The van der Waals surface area contributed by atoms with Gasteiger partial charge in [0.05, 0.1) is 18.5 Å². The normalized spacial score (nSPS) is 10.5. The van der Waals surface area contributed by atoms with Crippen LogP contribution in [0.2, 0.25) is 0 Å². The van der Waals surface area contributed by atoms with Crippen molar-refractivity contribution in [1.29, 1.82) is 0 Å². The predicted molar refractivity (Wildman–Crippen MR) is 129 cm³/mol. The van der Waals surface area contributed by atoms with Crippen molar-refractivity contribution in [1.82, 2.24) is 14.7 Å². The Hall–Kier alpha value is -4.26. The third-order valence-electron chi connectivity index (χ3n) is 5.07. The van der Waals surface area contributed by atoms with Crippen molar-refractivity contribution < 1.29 is 14.3 Å². The molecular formula is C26H26N4O3. The molecule has 0 radical (unpaired) electrons. The van der Waals surface area contributed by atoms with E-state index in [1.807, 2.05) is 84.9 Å². The maximum Gasteiger partial charge on any atom is 0.322 e. The van der Waals surface area contributed by atoms with E-state index in [1.54, 1.807) is 25.9 Å². The number of hydrogen-bond acceptors (Lipinski definition) is 4. The molecule has 0 unspecified atom stereocenters. The van der Waals surface area contributed by atoms with E-state index < -0.39 is 0 Å². The molecule has 4 aromatic rings. The van der Waals surface area contributed by atoms with Crippen LogP contribution in [0.3, 0.4) is 0 Å². The standard InChI is InChI=1S/C26H26N4O3/c1-29(2)26(31)27-25-17-24(30(28-25)21-11-15-22(32-3)16-12-21)20-9-13-23(14-10-20)33-18-19-7-5-4-6-8-19/h4-17H,18H2,1-3H3,(H,27,28,31). The maximum atomic E-state index is 12.2. The van der Waals surface area contributed by atoms with Crippen LogP contribution in [-0.4, -0.2) is 41.9 Å². The maximum absolute atomic E-state index is 12.2. The van der Waals surface area contributed by atoms with Gasteiger partial charge in [-0.15, -0.1) is 5.10 Å². The monoisotopic (exact) mass is 442 g/mol. The minimum Gasteiger partial charge on any atom is -0.497 e. The van der Waals surface area contributed by atoms with Crippen LogP contribution in [0.1, 0.15) is 5.56 Å². The number of methoxy groups -OCH3 is 1. The molecule has 0 spiro atoms. The lowest BCUT2D eigenvalue weighted by atomic mass is 10.1. The van der Waals surface area contributed by atoms with Crippen molar-refractivity contribution in [3.05, 3.63) is 90.5 Å².